The van der Waals surface area contributed by atoms with Crippen molar-refractivity contribution in [2.45, 2.75) is 19.3 Å². The average molecular weight is 544 g/mol. The summed E-state index contributed by atoms with van der Waals surface area (Å²) in [7, 11) is 1.39. The molecule has 1 aliphatic rings. The summed E-state index contributed by atoms with van der Waals surface area (Å²) in [6.45, 7) is 2.58. The van der Waals surface area contributed by atoms with Crippen LogP contribution in [0.25, 0.3) is 0 Å². The number of carbonyl (C=O) groups excluding carboxylic acids is 1. The van der Waals surface area contributed by atoms with Crippen molar-refractivity contribution < 1.29 is 31.5 Å². The first kappa shape index (κ1) is 27.4. The third-order valence-corrected chi connectivity index (χ3v) is 6.60. The lowest BCUT2D eigenvalue weighted by Gasteiger charge is -2.23. The SMILES string of the molecule is CN=C(c1ccc(Oc2c(F)c(F)cc(F)c2F)cc1F)c1c(N)ncnc1C(C)C1CCN(C(=O)C#N)C1. The maximum Gasteiger partial charge on any atom is 0.324 e. The van der Waals surface area contributed by atoms with E-state index in [1.807, 2.05) is 6.92 Å². The minimum atomic E-state index is -1.77. The van der Waals surface area contributed by atoms with Crippen LogP contribution in [0.1, 0.15) is 36.1 Å². The van der Waals surface area contributed by atoms with E-state index in [-0.39, 0.29) is 40.6 Å². The predicted octanol–water partition coefficient (Wildman–Crippen LogP) is 4.49. The van der Waals surface area contributed by atoms with Crippen molar-refractivity contribution in [2.75, 3.05) is 25.9 Å². The number of hydrogen-bond donors (Lipinski definition) is 1. The number of amides is 1. The largest absolute Gasteiger partial charge is 0.451 e. The number of aliphatic imine (C=N–C) groups is 1. The van der Waals surface area contributed by atoms with Crippen molar-refractivity contribution in [3.8, 4) is 17.6 Å². The monoisotopic (exact) mass is 544 g/mol. The van der Waals surface area contributed by atoms with Crippen LogP contribution in [0.3, 0.4) is 0 Å². The Morgan fingerprint density at radius 3 is 2.46 bits per heavy atom. The molecular formula is C26H21F5N6O2. The molecule has 4 rings (SSSR count). The Hall–Kier alpha value is -4.60. The molecule has 39 heavy (non-hydrogen) atoms. The second kappa shape index (κ2) is 11.0. The summed E-state index contributed by atoms with van der Waals surface area (Å²) in [5.74, 6) is -10.6. The van der Waals surface area contributed by atoms with Gasteiger partial charge in [0.05, 0.1) is 17.0 Å². The molecule has 2 atom stereocenters. The number of nitrogens with zero attached hydrogens (tertiary/aromatic N) is 5. The van der Waals surface area contributed by atoms with Crippen LogP contribution in [0.15, 0.2) is 35.6 Å². The number of aromatic nitrogens is 2. The number of nitrogens with two attached hydrogens (primary N) is 1. The Kier molecular flexibility index (Phi) is 7.75. The van der Waals surface area contributed by atoms with Gasteiger partial charge in [-0.25, -0.2) is 23.1 Å². The number of nitriles is 1. The Labute approximate surface area is 219 Å². The van der Waals surface area contributed by atoms with Crippen molar-refractivity contribution in [3.05, 3.63) is 76.5 Å². The van der Waals surface area contributed by atoms with Crippen LogP contribution in [0, 0.1) is 46.3 Å². The van der Waals surface area contributed by atoms with Gasteiger partial charge in [0, 0.05) is 43.8 Å². The molecule has 0 aliphatic carbocycles. The molecule has 1 amide bonds. The van der Waals surface area contributed by atoms with Crippen molar-refractivity contribution in [2.24, 2.45) is 10.9 Å². The summed E-state index contributed by atoms with van der Waals surface area (Å²) < 4.78 is 75.3. The van der Waals surface area contributed by atoms with Crippen LogP contribution in [0.4, 0.5) is 27.8 Å². The normalized spacial score (nSPS) is 16.2. The van der Waals surface area contributed by atoms with Crippen LogP contribution in [-0.2, 0) is 4.79 Å². The molecule has 2 aromatic carbocycles. The first-order chi connectivity index (χ1) is 18.6. The summed E-state index contributed by atoms with van der Waals surface area (Å²) in [4.78, 5) is 25.8. The zero-order chi connectivity index (χ0) is 28.4. The highest BCUT2D eigenvalue weighted by atomic mass is 19.2. The highest BCUT2D eigenvalue weighted by molar-refractivity contribution is 6.16. The van der Waals surface area contributed by atoms with Gasteiger partial charge in [0.15, 0.2) is 17.7 Å². The molecule has 2 heterocycles. The lowest BCUT2D eigenvalue weighted by molar-refractivity contribution is -0.124. The van der Waals surface area contributed by atoms with Gasteiger partial charge in [0.25, 0.3) is 0 Å². The zero-order valence-electron chi connectivity index (χ0n) is 20.7. The second-order valence-corrected chi connectivity index (χ2v) is 8.83. The number of rotatable bonds is 6. The highest BCUT2D eigenvalue weighted by Gasteiger charge is 2.34. The standard InChI is InChI=1S/C26H21F5N6O2/c1-12(13-5-6-37(10-13)19(38)9-32)23-20(26(33)36-11-35-23)24(34-2)15-4-3-14(7-16(15)27)39-25-21(30)17(28)8-18(29)22(25)31/h3-4,7-8,11-13H,5-6,10H2,1-2H3,(H2,33,35,36). The van der Waals surface area contributed by atoms with Crippen LogP contribution in [0.5, 0.6) is 11.5 Å². The maximum atomic E-state index is 15.3. The van der Waals surface area contributed by atoms with Gasteiger partial charge in [-0.2, -0.15) is 14.0 Å². The molecule has 0 spiro atoms. The smallest absolute Gasteiger partial charge is 0.324 e. The number of anilines is 1. The van der Waals surface area contributed by atoms with Crippen LogP contribution in [0.2, 0.25) is 0 Å². The Bertz CT molecular complexity index is 1500. The summed E-state index contributed by atoms with van der Waals surface area (Å²) in [6.07, 6.45) is 1.85. The molecule has 0 saturated carbocycles. The van der Waals surface area contributed by atoms with Gasteiger partial charge in [-0.05, 0) is 24.5 Å². The van der Waals surface area contributed by atoms with Gasteiger partial charge in [-0.3, -0.25) is 9.79 Å². The molecule has 3 aromatic rings. The maximum absolute atomic E-state index is 15.3. The molecular weight excluding hydrogens is 523 g/mol. The molecule has 1 saturated heterocycles. The predicted molar refractivity (Wildman–Crippen MR) is 129 cm³/mol. The van der Waals surface area contributed by atoms with E-state index >= 15 is 4.39 Å². The molecule has 13 heteroatoms. The average Bonchev–Trinajstić information content (AvgIpc) is 3.42. The molecule has 0 bridgehead atoms. The van der Waals surface area contributed by atoms with Gasteiger partial charge in [-0.15, -0.1) is 0 Å². The van der Waals surface area contributed by atoms with E-state index in [1.165, 1.54) is 24.3 Å². The first-order valence-corrected chi connectivity index (χ1v) is 11.6. The number of carbonyl (C=O) groups is 1. The number of nitrogen functional groups attached to an aromatic ring is 1. The number of benzene rings is 2. The molecule has 8 nitrogen and oxygen atoms in total. The van der Waals surface area contributed by atoms with E-state index in [0.29, 0.717) is 25.2 Å². The first-order valence-electron chi connectivity index (χ1n) is 11.6. The van der Waals surface area contributed by atoms with Crippen molar-refractivity contribution in [1.29, 1.82) is 5.26 Å². The Balaban J connectivity index is 1.68. The molecule has 2 N–H and O–H groups in total. The van der Waals surface area contributed by atoms with Crippen molar-refractivity contribution >= 4 is 17.4 Å². The minimum absolute atomic E-state index is 0.00880. The molecule has 202 valence electrons. The van der Waals surface area contributed by atoms with E-state index < -0.39 is 46.5 Å². The fourth-order valence-corrected chi connectivity index (χ4v) is 4.55. The topological polar surface area (TPSA) is 117 Å². The molecule has 1 fully saturated rings. The van der Waals surface area contributed by atoms with Gasteiger partial charge in [-0.1, -0.05) is 6.92 Å². The van der Waals surface area contributed by atoms with Gasteiger partial charge in [0.2, 0.25) is 17.4 Å². The van der Waals surface area contributed by atoms with E-state index in [4.69, 9.17) is 15.7 Å². The third-order valence-electron chi connectivity index (χ3n) is 6.60. The number of ether oxygens (including phenoxy) is 1. The fraction of sp³-hybridized carbons (Fsp3) is 0.269. The van der Waals surface area contributed by atoms with Crippen LogP contribution >= 0.6 is 0 Å². The summed E-state index contributed by atoms with van der Waals surface area (Å²) in [6, 6.07) is 4.74. The minimum Gasteiger partial charge on any atom is -0.451 e. The number of halogens is 5. The number of hydrogen-bond acceptors (Lipinski definition) is 7. The lowest BCUT2D eigenvalue weighted by atomic mass is 9.86. The summed E-state index contributed by atoms with van der Waals surface area (Å²) in [5, 5.41) is 8.92. The number of likely N-dealkylation sites (tertiary alicyclic amines) is 1. The van der Waals surface area contributed by atoms with E-state index in [2.05, 4.69) is 15.0 Å². The Morgan fingerprint density at radius 2 is 1.85 bits per heavy atom. The molecule has 1 aliphatic heterocycles. The van der Waals surface area contributed by atoms with Crippen LogP contribution in [-0.4, -0.2) is 46.6 Å². The van der Waals surface area contributed by atoms with Crippen molar-refractivity contribution in [1.82, 2.24) is 14.9 Å². The summed E-state index contributed by atoms with van der Waals surface area (Å²) in [5.41, 5.74) is 6.84. The quantitative estimate of drug-likeness (QED) is 0.212. The summed E-state index contributed by atoms with van der Waals surface area (Å²) >= 11 is 0. The highest BCUT2D eigenvalue weighted by Crippen LogP contribution is 2.36. The zero-order valence-corrected chi connectivity index (χ0v) is 20.7. The molecule has 1 aromatic heterocycles. The van der Waals surface area contributed by atoms with Gasteiger partial charge >= 0.3 is 5.91 Å². The van der Waals surface area contributed by atoms with Crippen LogP contribution < -0.4 is 10.5 Å². The van der Waals surface area contributed by atoms with E-state index in [1.54, 1.807) is 6.07 Å². The second-order valence-electron chi connectivity index (χ2n) is 8.83. The fourth-order valence-electron chi connectivity index (χ4n) is 4.55. The van der Waals surface area contributed by atoms with E-state index in [0.717, 1.165) is 12.1 Å². The van der Waals surface area contributed by atoms with Gasteiger partial charge in [0.1, 0.15) is 23.7 Å². The lowest BCUT2D eigenvalue weighted by Crippen LogP contribution is -2.28. The van der Waals surface area contributed by atoms with Gasteiger partial charge < -0.3 is 15.4 Å². The molecule has 0 radical (unpaired) electrons. The van der Waals surface area contributed by atoms with Crippen molar-refractivity contribution in [3.63, 3.8) is 0 Å². The third kappa shape index (κ3) is 5.22. The van der Waals surface area contributed by atoms with E-state index in [9.17, 15) is 22.4 Å². The Morgan fingerprint density at radius 1 is 1.15 bits per heavy atom. The molecule has 2 unspecified atom stereocenters.